The van der Waals surface area contributed by atoms with Crippen molar-refractivity contribution in [2.45, 2.75) is 25.7 Å². The molecule has 3 rings (SSSR count). The van der Waals surface area contributed by atoms with E-state index in [4.69, 9.17) is 5.73 Å². The van der Waals surface area contributed by atoms with Crippen molar-refractivity contribution in [1.82, 2.24) is 20.4 Å². The van der Waals surface area contributed by atoms with E-state index in [1.807, 2.05) is 0 Å². The number of nitrogens with zero attached hydrogens (tertiary/aromatic N) is 2. The minimum Gasteiger partial charge on any atom is -0.396 e. The average Bonchev–Trinajstić information content (AvgIpc) is 2.83. The molecule has 0 aromatic carbocycles. The standard InChI is InChI=1S/C10H13N5/c11-7-5-12-14-10(7)9-6-3-1-2-4-8(6)13-15-9/h5H,1-4,11H2,(H,12,14)(H,13,15). The van der Waals surface area contributed by atoms with Gasteiger partial charge in [-0.2, -0.15) is 10.2 Å². The van der Waals surface area contributed by atoms with E-state index in [1.54, 1.807) is 6.20 Å². The molecule has 1 aliphatic carbocycles. The highest BCUT2D eigenvalue weighted by atomic mass is 15.2. The second-order valence-corrected chi connectivity index (χ2v) is 3.94. The molecule has 0 atom stereocenters. The third-order valence-electron chi connectivity index (χ3n) is 2.96. The van der Waals surface area contributed by atoms with Crippen molar-refractivity contribution >= 4 is 5.69 Å². The van der Waals surface area contributed by atoms with Gasteiger partial charge in [0.15, 0.2) is 0 Å². The van der Waals surface area contributed by atoms with Crippen molar-refractivity contribution in [3.05, 3.63) is 17.5 Å². The maximum atomic E-state index is 5.82. The van der Waals surface area contributed by atoms with Crippen molar-refractivity contribution < 1.29 is 0 Å². The number of aromatic nitrogens is 4. The summed E-state index contributed by atoms with van der Waals surface area (Å²) in [5.41, 5.74) is 10.8. The van der Waals surface area contributed by atoms with Crippen LogP contribution in [-0.4, -0.2) is 20.4 Å². The van der Waals surface area contributed by atoms with Crippen LogP contribution in [0.1, 0.15) is 24.1 Å². The van der Waals surface area contributed by atoms with E-state index >= 15 is 0 Å². The van der Waals surface area contributed by atoms with Crippen LogP contribution in [0.2, 0.25) is 0 Å². The molecule has 0 fully saturated rings. The lowest BCUT2D eigenvalue weighted by Crippen LogP contribution is -2.01. The molecule has 2 heterocycles. The molecule has 15 heavy (non-hydrogen) atoms. The summed E-state index contributed by atoms with van der Waals surface area (Å²) in [6, 6.07) is 0. The van der Waals surface area contributed by atoms with Gasteiger partial charge < -0.3 is 5.73 Å². The van der Waals surface area contributed by atoms with Crippen LogP contribution in [-0.2, 0) is 12.8 Å². The molecule has 0 bridgehead atoms. The summed E-state index contributed by atoms with van der Waals surface area (Å²) in [4.78, 5) is 0. The Bertz CT molecular complexity index is 482. The number of fused-ring (bicyclic) bond motifs is 1. The molecule has 0 amide bonds. The van der Waals surface area contributed by atoms with E-state index in [2.05, 4.69) is 20.4 Å². The fourth-order valence-electron chi connectivity index (χ4n) is 2.17. The van der Waals surface area contributed by atoms with Crippen LogP contribution >= 0.6 is 0 Å². The first-order chi connectivity index (χ1) is 7.36. The molecule has 0 unspecified atom stereocenters. The van der Waals surface area contributed by atoms with Gasteiger partial charge in [0.25, 0.3) is 0 Å². The van der Waals surface area contributed by atoms with Crippen molar-refractivity contribution in [1.29, 1.82) is 0 Å². The topological polar surface area (TPSA) is 83.4 Å². The smallest absolute Gasteiger partial charge is 0.115 e. The average molecular weight is 203 g/mol. The van der Waals surface area contributed by atoms with Crippen LogP contribution < -0.4 is 5.73 Å². The molecule has 5 heteroatoms. The first-order valence-electron chi connectivity index (χ1n) is 5.21. The number of H-pyrrole nitrogens is 2. The zero-order valence-electron chi connectivity index (χ0n) is 8.38. The second kappa shape index (κ2) is 3.12. The van der Waals surface area contributed by atoms with Crippen molar-refractivity contribution in [3.63, 3.8) is 0 Å². The zero-order chi connectivity index (χ0) is 10.3. The van der Waals surface area contributed by atoms with E-state index in [-0.39, 0.29) is 0 Å². The Labute approximate surface area is 87.1 Å². The fourth-order valence-corrected chi connectivity index (χ4v) is 2.17. The fraction of sp³-hybridized carbons (Fsp3) is 0.400. The maximum absolute atomic E-state index is 5.82. The number of aryl methyl sites for hydroxylation is 1. The number of anilines is 1. The summed E-state index contributed by atoms with van der Waals surface area (Å²) in [6.07, 6.45) is 6.27. The van der Waals surface area contributed by atoms with E-state index in [9.17, 15) is 0 Å². The SMILES string of the molecule is Nc1cn[nH]c1-c1n[nH]c2c1CCCC2. The summed E-state index contributed by atoms with van der Waals surface area (Å²) in [7, 11) is 0. The largest absolute Gasteiger partial charge is 0.396 e. The predicted molar refractivity (Wildman–Crippen MR) is 57.2 cm³/mol. The minimum absolute atomic E-state index is 0.662. The summed E-state index contributed by atoms with van der Waals surface area (Å²) in [5.74, 6) is 0. The molecular formula is C10H13N5. The Morgan fingerprint density at radius 3 is 2.87 bits per heavy atom. The van der Waals surface area contributed by atoms with Gasteiger partial charge in [-0.05, 0) is 25.7 Å². The van der Waals surface area contributed by atoms with Crippen LogP contribution in [0.3, 0.4) is 0 Å². The van der Waals surface area contributed by atoms with E-state index in [1.165, 1.54) is 24.1 Å². The number of rotatable bonds is 1. The van der Waals surface area contributed by atoms with Gasteiger partial charge >= 0.3 is 0 Å². The summed E-state index contributed by atoms with van der Waals surface area (Å²) >= 11 is 0. The van der Waals surface area contributed by atoms with Gasteiger partial charge in [0, 0.05) is 11.3 Å². The Balaban J connectivity index is 2.13. The maximum Gasteiger partial charge on any atom is 0.115 e. The highest BCUT2D eigenvalue weighted by molar-refractivity contribution is 5.72. The Hall–Kier alpha value is -1.78. The number of hydrogen-bond acceptors (Lipinski definition) is 3. The third kappa shape index (κ3) is 1.23. The van der Waals surface area contributed by atoms with E-state index < -0.39 is 0 Å². The molecule has 4 N–H and O–H groups in total. The van der Waals surface area contributed by atoms with Crippen LogP contribution in [0.5, 0.6) is 0 Å². The molecule has 2 aromatic heterocycles. The van der Waals surface area contributed by atoms with Crippen LogP contribution in [0.15, 0.2) is 6.20 Å². The quantitative estimate of drug-likeness (QED) is 0.652. The molecule has 0 saturated carbocycles. The van der Waals surface area contributed by atoms with Gasteiger partial charge in [0.05, 0.1) is 11.9 Å². The van der Waals surface area contributed by atoms with Crippen molar-refractivity contribution in [3.8, 4) is 11.4 Å². The monoisotopic (exact) mass is 203 g/mol. The normalized spacial score (nSPS) is 15.2. The van der Waals surface area contributed by atoms with Gasteiger partial charge in [-0.15, -0.1) is 0 Å². The van der Waals surface area contributed by atoms with Crippen LogP contribution in [0.4, 0.5) is 5.69 Å². The number of aromatic amines is 2. The van der Waals surface area contributed by atoms with Gasteiger partial charge in [-0.25, -0.2) is 0 Å². The highest BCUT2D eigenvalue weighted by Crippen LogP contribution is 2.30. The summed E-state index contributed by atoms with van der Waals surface area (Å²) < 4.78 is 0. The zero-order valence-corrected chi connectivity index (χ0v) is 8.38. The lowest BCUT2D eigenvalue weighted by Gasteiger charge is -2.10. The highest BCUT2D eigenvalue weighted by Gasteiger charge is 2.19. The van der Waals surface area contributed by atoms with Gasteiger partial charge in [-0.1, -0.05) is 0 Å². The molecule has 0 aliphatic heterocycles. The van der Waals surface area contributed by atoms with Gasteiger partial charge in [0.2, 0.25) is 0 Å². The third-order valence-corrected chi connectivity index (χ3v) is 2.96. The number of nitrogens with one attached hydrogen (secondary N) is 2. The predicted octanol–water partition coefficient (Wildman–Crippen LogP) is 1.26. The summed E-state index contributed by atoms with van der Waals surface area (Å²) in [6.45, 7) is 0. The Morgan fingerprint density at radius 1 is 1.20 bits per heavy atom. The van der Waals surface area contributed by atoms with Crippen molar-refractivity contribution in [2.24, 2.45) is 0 Å². The van der Waals surface area contributed by atoms with Crippen LogP contribution in [0, 0.1) is 0 Å². The first-order valence-corrected chi connectivity index (χ1v) is 5.21. The lowest BCUT2D eigenvalue weighted by molar-refractivity contribution is 0.675. The summed E-state index contributed by atoms with van der Waals surface area (Å²) in [5, 5.41) is 14.2. The number of hydrogen-bond donors (Lipinski definition) is 3. The molecule has 1 aliphatic rings. The minimum atomic E-state index is 0.662. The molecule has 5 nitrogen and oxygen atoms in total. The second-order valence-electron chi connectivity index (χ2n) is 3.94. The van der Waals surface area contributed by atoms with E-state index in [0.717, 1.165) is 24.2 Å². The van der Waals surface area contributed by atoms with Gasteiger partial charge in [0.1, 0.15) is 11.4 Å². The Morgan fingerprint density at radius 2 is 2.07 bits per heavy atom. The molecule has 2 aromatic rings. The van der Waals surface area contributed by atoms with Gasteiger partial charge in [-0.3, -0.25) is 10.2 Å². The number of nitrogens with two attached hydrogens (primary N) is 1. The van der Waals surface area contributed by atoms with Crippen molar-refractivity contribution in [2.75, 3.05) is 5.73 Å². The molecule has 78 valence electrons. The Kier molecular flexibility index (Phi) is 1.77. The molecule has 0 saturated heterocycles. The van der Waals surface area contributed by atoms with E-state index in [0.29, 0.717) is 5.69 Å². The molecular weight excluding hydrogens is 190 g/mol. The number of nitrogen functional groups attached to an aromatic ring is 1. The molecule has 0 spiro atoms. The first kappa shape index (κ1) is 8.52. The van der Waals surface area contributed by atoms with Crippen LogP contribution in [0.25, 0.3) is 11.4 Å². The molecule has 0 radical (unpaired) electrons. The lowest BCUT2D eigenvalue weighted by atomic mass is 9.95.